The van der Waals surface area contributed by atoms with Crippen LogP contribution in [0.4, 0.5) is 0 Å². The number of benzene rings is 2. The maximum atomic E-state index is 8.96. The van der Waals surface area contributed by atoms with Gasteiger partial charge in [-0.2, -0.15) is 0 Å². The van der Waals surface area contributed by atoms with E-state index in [4.69, 9.17) is 21.5 Å². The molecule has 4 heteroatoms. The van der Waals surface area contributed by atoms with Gasteiger partial charge in [-0.05, 0) is 23.3 Å². The van der Waals surface area contributed by atoms with Gasteiger partial charge in [0, 0.05) is 0 Å². The molecule has 2 aromatic rings. The van der Waals surface area contributed by atoms with Gasteiger partial charge in [0.2, 0.25) is 0 Å². The Bertz CT molecular complexity index is 552. The summed E-state index contributed by atoms with van der Waals surface area (Å²) in [5.41, 5.74) is 1.91. The summed E-state index contributed by atoms with van der Waals surface area (Å²) < 4.78 is 5.13. The molecule has 1 N–H and O–H groups in total. The molecule has 0 saturated heterocycles. The highest BCUT2D eigenvalue weighted by atomic mass is 35.5. The Morgan fingerprint density at radius 3 is 2.16 bits per heavy atom. The first-order chi connectivity index (χ1) is 9.26. The molecule has 19 heavy (non-hydrogen) atoms. The van der Waals surface area contributed by atoms with Gasteiger partial charge in [-0.3, -0.25) is 0 Å². The quantitative estimate of drug-likeness (QED) is 0.523. The van der Waals surface area contributed by atoms with Crippen LogP contribution in [0.3, 0.4) is 0 Å². The summed E-state index contributed by atoms with van der Waals surface area (Å²) in [7, 11) is 1.62. The van der Waals surface area contributed by atoms with Gasteiger partial charge in [0.05, 0.1) is 13.0 Å². The number of hydrogen-bond donors (Lipinski definition) is 1. The smallest absolute Gasteiger partial charge is 0.157 e. The van der Waals surface area contributed by atoms with Crippen LogP contribution in [0.25, 0.3) is 0 Å². The lowest BCUT2D eigenvalue weighted by atomic mass is 9.92. The maximum Gasteiger partial charge on any atom is 0.157 e. The highest BCUT2D eigenvalue weighted by Gasteiger charge is 2.19. The normalized spacial score (nSPS) is 13.1. The summed E-state index contributed by atoms with van der Waals surface area (Å²) in [5, 5.41) is 12.2. The Labute approximate surface area is 117 Å². The predicted molar refractivity (Wildman–Crippen MR) is 76.4 cm³/mol. The van der Waals surface area contributed by atoms with Gasteiger partial charge < -0.3 is 9.94 Å². The zero-order valence-corrected chi connectivity index (χ0v) is 11.2. The molecule has 0 amide bonds. The van der Waals surface area contributed by atoms with E-state index in [1.54, 1.807) is 7.11 Å². The Balaban J connectivity index is 2.43. The molecule has 0 fully saturated rings. The first-order valence-electron chi connectivity index (χ1n) is 5.82. The lowest BCUT2D eigenvalue weighted by molar-refractivity contribution is 0.319. The van der Waals surface area contributed by atoms with Gasteiger partial charge in [0.25, 0.3) is 0 Å². The Hall–Kier alpha value is -2.00. The topological polar surface area (TPSA) is 41.8 Å². The number of oxime groups is 1. The van der Waals surface area contributed by atoms with Gasteiger partial charge in [0.1, 0.15) is 5.75 Å². The van der Waals surface area contributed by atoms with Crippen LogP contribution >= 0.6 is 11.6 Å². The third-order valence-corrected chi connectivity index (χ3v) is 3.21. The minimum atomic E-state index is -0.279. The fourth-order valence-electron chi connectivity index (χ4n) is 1.97. The predicted octanol–water partition coefficient (Wildman–Crippen LogP) is 3.85. The van der Waals surface area contributed by atoms with Crippen molar-refractivity contribution in [2.24, 2.45) is 5.16 Å². The Kier molecular flexibility index (Phi) is 4.42. The minimum Gasteiger partial charge on any atom is -0.497 e. The van der Waals surface area contributed by atoms with E-state index in [-0.39, 0.29) is 11.1 Å². The molecular formula is C15H14ClNO2. The first-order valence-corrected chi connectivity index (χ1v) is 6.20. The molecule has 2 rings (SSSR count). The highest BCUT2D eigenvalue weighted by Crippen LogP contribution is 2.29. The van der Waals surface area contributed by atoms with Gasteiger partial charge in [-0.1, -0.05) is 59.2 Å². The molecule has 0 aliphatic carbocycles. The standard InChI is InChI=1S/C15H14ClNO2/c1-19-13-9-7-12(8-10-13)14(15(16)17-18)11-5-3-2-4-6-11/h2-10,14,18H,1H3/b17-15-. The van der Waals surface area contributed by atoms with Crippen LogP contribution in [-0.2, 0) is 0 Å². The van der Waals surface area contributed by atoms with E-state index < -0.39 is 0 Å². The van der Waals surface area contributed by atoms with Crippen LogP contribution in [0.1, 0.15) is 17.0 Å². The van der Waals surface area contributed by atoms with Crippen molar-refractivity contribution in [3.8, 4) is 5.75 Å². The monoisotopic (exact) mass is 275 g/mol. The molecule has 0 aliphatic heterocycles. The number of nitrogens with zero attached hydrogens (tertiary/aromatic N) is 1. The molecule has 1 unspecified atom stereocenters. The third kappa shape index (κ3) is 3.06. The lowest BCUT2D eigenvalue weighted by Gasteiger charge is -2.15. The second-order valence-electron chi connectivity index (χ2n) is 4.04. The zero-order chi connectivity index (χ0) is 13.7. The average Bonchev–Trinajstić information content (AvgIpc) is 2.49. The van der Waals surface area contributed by atoms with Crippen molar-refractivity contribution < 1.29 is 9.94 Å². The van der Waals surface area contributed by atoms with Crippen LogP contribution in [-0.4, -0.2) is 17.5 Å². The SMILES string of the molecule is COc1ccc(C(/C(Cl)=N/O)c2ccccc2)cc1. The van der Waals surface area contributed by atoms with Crippen LogP contribution < -0.4 is 4.74 Å². The van der Waals surface area contributed by atoms with Crippen molar-refractivity contribution in [2.45, 2.75) is 5.92 Å². The third-order valence-electron chi connectivity index (χ3n) is 2.92. The van der Waals surface area contributed by atoms with E-state index in [9.17, 15) is 0 Å². The van der Waals surface area contributed by atoms with Crippen molar-refractivity contribution >= 4 is 16.8 Å². The summed E-state index contributed by atoms with van der Waals surface area (Å²) in [5.74, 6) is 0.492. The summed E-state index contributed by atoms with van der Waals surface area (Å²) >= 11 is 6.04. The van der Waals surface area contributed by atoms with Crippen LogP contribution in [0.5, 0.6) is 5.75 Å². The molecule has 0 aromatic heterocycles. The average molecular weight is 276 g/mol. The molecule has 0 spiro atoms. The summed E-state index contributed by atoms with van der Waals surface area (Å²) in [6, 6.07) is 17.2. The van der Waals surface area contributed by atoms with Crippen molar-refractivity contribution in [1.82, 2.24) is 0 Å². The molecule has 98 valence electrons. The molecular weight excluding hydrogens is 262 g/mol. The fourth-order valence-corrected chi connectivity index (χ4v) is 2.22. The van der Waals surface area contributed by atoms with Crippen molar-refractivity contribution in [1.29, 1.82) is 0 Å². The molecule has 0 aliphatic rings. The molecule has 0 saturated carbocycles. The summed E-state index contributed by atoms with van der Waals surface area (Å²) in [6.45, 7) is 0. The first kappa shape index (κ1) is 13.4. The molecule has 0 radical (unpaired) electrons. The van der Waals surface area contributed by atoms with Gasteiger partial charge in [-0.25, -0.2) is 0 Å². The molecule has 1 atom stereocenters. The number of ether oxygens (including phenoxy) is 1. The van der Waals surface area contributed by atoms with E-state index in [2.05, 4.69) is 5.16 Å². The van der Waals surface area contributed by atoms with Gasteiger partial charge in [0.15, 0.2) is 5.17 Å². The van der Waals surface area contributed by atoms with Crippen LogP contribution in [0.15, 0.2) is 59.8 Å². The lowest BCUT2D eigenvalue weighted by Crippen LogP contribution is -2.09. The van der Waals surface area contributed by atoms with Crippen molar-refractivity contribution in [3.63, 3.8) is 0 Å². The fraction of sp³-hybridized carbons (Fsp3) is 0.133. The van der Waals surface area contributed by atoms with E-state index in [1.807, 2.05) is 54.6 Å². The van der Waals surface area contributed by atoms with Gasteiger partial charge >= 0.3 is 0 Å². The minimum absolute atomic E-state index is 0.136. The van der Waals surface area contributed by atoms with E-state index in [0.717, 1.165) is 16.9 Å². The van der Waals surface area contributed by atoms with E-state index >= 15 is 0 Å². The maximum absolute atomic E-state index is 8.96. The van der Waals surface area contributed by atoms with Crippen LogP contribution in [0, 0.1) is 0 Å². The Morgan fingerprint density at radius 1 is 1.05 bits per heavy atom. The van der Waals surface area contributed by atoms with Crippen LogP contribution in [0.2, 0.25) is 0 Å². The molecule has 3 nitrogen and oxygen atoms in total. The second-order valence-corrected chi connectivity index (χ2v) is 4.43. The zero-order valence-electron chi connectivity index (χ0n) is 10.5. The van der Waals surface area contributed by atoms with E-state index in [1.165, 1.54) is 0 Å². The molecule has 0 heterocycles. The Morgan fingerprint density at radius 2 is 1.63 bits per heavy atom. The second kappa shape index (κ2) is 6.25. The number of halogens is 1. The number of hydrogen-bond acceptors (Lipinski definition) is 3. The largest absolute Gasteiger partial charge is 0.497 e. The summed E-state index contributed by atoms with van der Waals surface area (Å²) in [4.78, 5) is 0. The number of methoxy groups -OCH3 is 1. The molecule has 2 aromatic carbocycles. The van der Waals surface area contributed by atoms with Crippen molar-refractivity contribution in [3.05, 3.63) is 65.7 Å². The van der Waals surface area contributed by atoms with Gasteiger partial charge in [-0.15, -0.1) is 0 Å². The molecule has 0 bridgehead atoms. The van der Waals surface area contributed by atoms with E-state index in [0.29, 0.717) is 0 Å². The highest BCUT2D eigenvalue weighted by molar-refractivity contribution is 6.66. The van der Waals surface area contributed by atoms with Crippen molar-refractivity contribution in [2.75, 3.05) is 7.11 Å². The number of rotatable bonds is 4. The summed E-state index contributed by atoms with van der Waals surface area (Å²) in [6.07, 6.45) is 0.